The molecule has 0 bridgehead atoms. The summed E-state index contributed by atoms with van der Waals surface area (Å²) >= 11 is 0. The van der Waals surface area contributed by atoms with E-state index in [1.54, 1.807) is 19.1 Å². The molecule has 2 rings (SSSR count). The molecule has 1 N–H and O–H groups in total. The Balaban J connectivity index is 2.46. The van der Waals surface area contributed by atoms with Crippen molar-refractivity contribution in [3.8, 4) is 6.07 Å². The fourth-order valence-corrected chi connectivity index (χ4v) is 4.06. The lowest BCUT2D eigenvalue weighted by Crippen LogP contribution is -2.58. The number of hydrogen-bond acceptors (Lipinski definition) is 4. The van der Waals surface area contributed by atoms with Gasteiger partial charge in [0, 0.05) is 25.7 Å². The number of sulfonamides is 1. The molecule has 0 saturated carbocycles. The van der Waals surface area contributed by atoms with Crippen molar-refractivity contribution in [1.82, 2.24) is 9.62 Å². The maximum Gasteiger partial charge on any atom is 0.243 e. The minimum absolute atomic E-state index is 0.0140. The molecule has 0 atom stereocenters. The Morgan fingerprint density at radius 3 is 2.63 bits per heavy atom. The Labute approximate surface area is 113 Å². The molecule has 0 unspecified atom stereocenters. The van der Waals surface area contributed by atoms with E-state index in [0.717, 1.165) is 0 Å². The highest BCUT2D eigenvalue weighted by molar-refractivity contribution is 7.89. The summed E-state index contributed by atoms with van der Waals surface area (Å²) in [6, 6.07) is 6.77. The van der Waals surface area contributed by atoms with Gasteiger partial charge in [-0.25, -0.2) is 8.42 Å². The van der Waals surface area contributed by atoms with Gasteiger partial charge < -0.3 is 5.32 Å². The van der Waals surface area contributed by atoms with Gasteiger partial charge in [-0.15, -0.1) is 0 Å². The summed E-state index contributed by atoms with van der Waals surface area (Å²) in [6.45, 7) is 5.39. The van der Waals surface area contributed by atoms with E-state index in [0.29, 0.717) is 30.8 Å². The quantitative estimate of drug-likeness (QED) is 0.886. The van der Waals surface area contributed by atoms with Gasteiger partial charge in [0.25, 0.3) is 0 Å². The van der Waals surface area contributed by atoms with Crippen LogP contribution in [0.15, 0.2) is 23.1 Å². The van der Waals surface area contributed by atoms with Crippen molar-refractivity contribution in [3.63, 3.8) is 0 Å². The summed E-state index contributed by atoms with van der Waals surface area (Å²) < 4.78 is 26.9. The maximum atomic E-state index is 12.7. The molecule has 6 heteroatoms. The summed E-state index contributed by atoms with van der Waals surface area (Å²) in [4.78, 5) is 0.236. The van der Waals surface area contributed by atoms with Crippen LogP contribution in [-0.4, -0.2) is 38.4 Å². The summed E-state index contributed by atoms with van der Waals surface area (Å²) in [5, 5.41) is 12.0. The van der Waals surface area contributed by atoms with Crippen molar-refractivity contribution in [2.75, 3.05) is 19.6 Å². The summed E-state index contributed by atoms with van der Waals surface area (Å²) in [5.41, 5.74) is 1.04. The third kappa shape index (κ3) is 2.50. The van der Waals surface area contributed by atoms with Crippen molar-refractivity contribution in [2.45, 2.75) is 24.8 Å². The van der Waals surface area contributed by atoms with Gasteiger partial charge in [-0.2, -0.15) is 9.57 Å². The molecule has 1 aromatic rings. The monoisotopic (exact) mass is 279 g/mol. The molecule has 19 heavy (non-hydrogen) atoms. The van der Waals surface area contributed by atoms with E-state index >= 15 is 0 Å². The van der Waals surface area contributed by atoms with E-state index in [1.165, 1.54) is 10.4 Å². The first-order valence-electron chi connectivity index (χ1n) is 6.24. The second kappa shape index (κ2) is 5.29. The SMILES string of the molecule is CCN(C1CNC1)S(=O)(=O)c1cc(C#N)ccc1C. The predicted molar refractivity (Wildman–Crippen MR) is 72.1 cm³/mol. The number of aryl methyl sites for hydroxylation is 1. The molecule has 0 radical (unpaired) electrons. The van der Waals surface area contributed by atoms with Crippen LogP contribution in [0.5, 0.6) is 0 Å². The first-order chi connectivity index (χ1) is 9.00. The molecule has 1 aliphatic rings. The van der Waals surface area contributed by atoms with E-state index in [4.69, 9.17) is 5.26 Å². The van der Waals surface area contributed by atoms with Crippen LogP contribution in [0.25, 0.3) is 0 Å². The van der Waals surface area contributed by atoms with Crippen molar-refractivity contribution in [2.24, 2.45) is 0 Å². The molecule has 0 aliphatic carbocycles. The van der Waals surface area contributed by atoms with Gasteiger partial charge in [0.1, 0.15) is 0 Å². The number of nitriles is 1. The highest BCUT2D eigenvalue weighted by Gasteiger charge is 2.34. The van der Waals surface area contributed by atoms with Crippen molar-refractivity contribution in [1.29, 1.82) is 5.26 Å². The van der Waals surface area contributed by atoms with Gasteiger partial charge in [-0.3, -0.25) is 0 Å². The van der Waals surface area contributed by atoms with Crippen molar-refractivity contribution in [3.05, 3.63) is 29.3 Å². The lowest BCUT2D eigenvalue weighted by Gasteiger charge is -2.36. The van der Waals surface area contributed by atoms with Gasteiger partial charge in [0.05, 0.1) is 16.5 Å². The molecule has 0 spiro atoms. The molecule has 5 nitrogen and oxygen atoms in total. The van der Waals surface area contributed by atoms with Gasteiger partial charge in [-0.05, 0) is 24.6 Å². The average Bonchev–Trinajstić information content (AvgIpc) is 2.33. The molecular weight excluding hydrogens is 262 g/mol. The molecule has 1 aliphatic heterocycles. The number of nitrogens with zero attached hydrogens (tertiary/aromatic N) is 2. The van der Waals surface area contributed by atoms with Crippen LogP contribution in [-0.2, 0) is 10.0 Å². The van der Waals surface area contributed by atoms with Gasteiger partial charge in [0.2, 0.25) is 10.0 Å². The van der Waals surface area contributed by atoms with Gasteiger partial charge in [0.15, 0.2) is 0 Å². The van der Waals surface area contributed by atoms with Crippen LogP contribution >= 0.6 is 0 Å². The zero-order valence-electron chi connectivity index (χ0n) is 11.0. The van der Waals surface area contributed by atoms with Crippen molar-refractivity contribution < 1.29 is 8.42 Å². The van der Waals surface area contributed by atoms with Crippen LogP contribution in [0.2, 0.25) is 0 Å². The minimum atomic E-state index is -3.53. The van der Waals surface area contributed by atoms with Crippen LogP contribution in [0.4, 0.5) is 0 Å². The van der Waals surface area contributed by atoms with Crippen LogP contribution in [0.3, 0.4) is 0 Å². The molecule has 0 aromatic heterocycles. The summed E-state index contributed by atoms with van der Waals surface area (Å²) in [6.07, 6.45) is 0. The predicted octanol–water partition coefficient (Wildman–Crippen LogP) is 0.849. The van der Waals surface area contributed by atoms with Crippen molar-refractivity contribution >= 4 is 10.0 Å². The Morgan fingerprint density at radius 1 is 1.47 bits per heavy atom. The highest BCUT2D eigenvalue weighted by atomic mass is 32.2. The summed E-state index contributed by atoms with van der Waals surface area (Å²) in [5.74, 6) is 0. The fraction of sp³-hybridized carbons (Fsp3) is 0.462. The Morgan fingerprint density at radius 2 is 2.16 bits per heavy atom. The fourth-order valence-electron chi connectivity index (χ4n) is 2.18. The maximum absolute atomic E-state index is 12.7. The number of likely N-dealkylation sites (N-methyl/N-ethyl adjacent to an activating group) is 1. The third-order valence-electron chi connectivity index (χ3n) is 3.38. The average molecular weight is 279 g/mol. The third-order valence-corrected chi connectivity index (χ3v) is 5.55. The number of nitrogens with one attached hydrogen (secondary N) is 1. The summed E-state index contributed by atoms with van der Waals surface area (Å²) in [7, 11) is -3.53. The van der Waals surface area contributed by atoms with Crippen LogP contribution in [0, 0.1) is 18.3 Å². The van der Waals surface area contributed by atoms with E-state index in [-0.39, 0.29) is 10.9 Å². The Kier molecular flexibility index (Phi) is 3.90. The van der Waals surface area contributed by atoms with E-state index in [2.05, 4.69) is 5.32 Å². The lowest BCUT2D eigenvalue weighted by molar-refractivity contribution is 0.249. The standard InChI is InChI=1S/C13H17N3O2S/c1-3-16(12-8-15-9-12)19(17,18)13-6-11(7-14)5-4-10(13)2/h4-6,12,15H,3,8-9H2,1-2H3. The number of benzene rings is 1. The Hall–Kier alpha value is -1.42. The molecule has 1 saturated heterocycles. The topological polar surface area (TPSA) is 73.2 Å². The smallest absolute Gasteiger partial charge is 0.243 e. The molecule has 1 heterocycles. The lowest BCUT2D eigenvalue weighted by atomic mass is 10.2. The van der Waals surface area contributed by atoms with E-state index in [1.807, 2.05) is 13.0 Å². The highest BCUT2D eigenvalue weighted by Crippen LogP contribution is 2.23. The molecule has 102 valence electrons. The van der Waals surface area contributed by atoms with Gasteiger partial charge >= 0.3 is 0 Å². The molecule has 0 amide bonds. The van der Waals surface area contributed by atoms with E-state index < -0.39 is 10.0 Å². The second-order valence-corrected chi connectivity index (χ2v) is 6.47. The first kappa shape index (κ1) is 14.0. The zero-order chi connectivity index (χ0) is 14.0. The molecular formula is C13H17N3O2S. The number of rotatable bonds is 4. The van der Waals surface area contributed by atoms with E-state index in [9.17, 15) is 8.42 Å². The second-order valence-electron chi connectivity index (χ2n) is 4.61. The first-order valence-corrected chi connectivity index (χ1v) is 7.68. The van der Waals surface area contributed by atoms with Crippen LogP contribution in [0.1, 0.15) is 18.1 Å². The molecule has 1 fully saturated rings. The number of hydrogen-bond donors (Lipinski definition) is 1. The molecule has 1 aromatic carbocycles. The van der Waals surface area contributed by atoms with Crippen LogP contribution < -0.4 is 5.32 Å². The zero-order valence-corrected chi connectivity index (χ0v) is 11.9. The largest absolute Gasteiger partial charge is 0.313 e. The minimum Gasteiger partial charge on any atom is -0.313 e. The normalized spacial score (nSPS) is 16.1. The Bertz CT molecular complexity index is 615. The van der Waals surface area contributed by atoms with Gasteiger partial charge in [-0.1, -0.05) is 13.0 Å².